The van der Waals surface area contributed by atoms with Crippen LogP contribution in [-0.2, 0) is 5.60 Å². The van der Waals surface area contributed by atoms with E-state index in [9.17, 15) is 23.1 Å². The Balaban J connectivity index is 1.48. The lowest BCUT2D eigenvalue weighted by Gasteiger charge is -2.29. The lowest BCUT2D eigenvalue weighted by molar-refractivity contribution is 0.00937. The second-order valence-corrected chi connectivity index (χ2v) is 10.8. The number of carbonyl (C=O) groups excluding carboxylic acids is 1. The average molecular weight is 600 g/mol. The molecule has 2 heterocycles. The maximum absolute atomic E-state index is 13.7. The number of ether oxygens (including phenoxy) is 2. The molecule has 1 saturated carbocycles. The van der Waals surface area contributed by atoms with Gasteiger partial charge in [0.05, 0.1) is 30.1 Å². The maximum atomic E-state index is 13.7. The number of aryl methyl sites for hydroxylation is 2. The summed E-state index contributed by atoms with van der Waals surface area (Å²) in [5.41, 5.74) is 1.23. The van der Waals surface area contributed by atoms with Crippen LogP contribution in [0.5, 0.6) is 11.5 Å². The third-order valence-corrected chi connectivity index (χ3v) is 7.72. The first-order valence-electron chi connectivity index (χ1n) is 13.3. The first-order chi connectivity index (χ1) is 20.0. The van der Waals surface area contributed by atoms with Crippen LogP contribution in [0.2, 0.25) is 5.02 Å². The number of aromatic nitrogens is 2. The van der Waals surface area contributed by atoms with E-state index >= 15 is 0 Å². The summed E-state index contributed by atoms with van der Waals surface area (Å²) in [7, 11) is 1.48. The van der Waals surface area contributed by atoms with Crippen molar-refractivity contribution in [1.29, 1.82) is 0 Å². The highest BCUT2D eigenvalue weighted by Gasteiger charge is 2.47. The zero-order valence-corrected chi connectivity index (χ0v) is 23.9. The average Bonchev–Trinajstić information content (AvgIpc) is 3.81. The molecule has 1 aliphatic rings. The van der Waals surface area contributed by atoms with Gasteiger partial charge in [0.1, 0.15) is 40.7 Å². The molecule has 2 aromatic heterocycles. The summed E-state index contributed by atoms with van der Waals surface area (Å²) in [6.45, 7) is 2.41. The number of nitrogens with zero attached hydrogens (tertiary/aromatic N) is 2. The largest absolute Gasteiger partial charge is 0.494 e. The number of nitrogens with one attached hydrogen (secondary N) is 1. The summed E-state index contributed by atoms with van der Waals surface area (Å²) in [4.78, 5) is 22.5. The third-order valence-electron chi connectivity index (χ3n) is 7.34. The zero-order chi connectivity index (χ0) is 30.2. The molecule has 0 spiro atoms. The van der Waals surface area contributed by atoms with Crippen LogP contribution < -0.4 is 14.8 Å². The monoisotopic (exact) mass is 599 g/mol. The van der Waals surface area contributed by atoms with Crippen molar-refractivity contribution in [3.63, 3.8) is 0 Å². The van der Waals surface area contributed by atoms with Gasteiger partial charge in [0, 0.05) is 16.5 Å². The molecule has 1 atom stereocenters. The first kappa shape index (κ1) is 29.6. The van der Waals surface area contributed by atoms with Gasteiger partial charge in [-0.2, -0.15) is 0 Å². The second kappa shape index (κ2) is 11.8. The second-order valence-electron chi connectivity index (χ2n) is 10.4. The van der Waals surface area contributed by atoms with E-state index in [2.05, 4.69) is 15.3 Å². The maximum Gasteiger partial charge on any atom is 0.272 e. The Bertz CT molecular complexity index is 1650. The Morgan fingerprint density at radius 2 is 1.86 bits per heavy atom. The smallest absolute Gasteiger partial charge is 0.272 e. The highest BCUT2D eigenvalue weighted by Crippen LogP contribution is 2.46. The van der Waals surface area contributed by atoms with Crippen LogP contribution in [-0.4, -0.2) is 47.7 Å². The molecule has 7 nitrogen and oxygen atoms in total. The van der Waals surface area contributed by atoms with Crippen LogP contribution in [0.25, 0.3) is 22.2 Å². The van der Waals surface area contributed by atoms with Gasteiger partial charge < -0.3 is 19.9 Å². The van der Waals surface area contributed by atoms with E-state index < -0.39 is 30.4 Å². The molecule has 0 unspecified atom stereocenters. The van der Waals surface area contributed by atoms with Crippen molar-refractivity contribution in [2.75, 3.05) is 20.3 Å². The van der Waals surface area contributed by atoms with E-state index in [0.29, 0.717) is 51.3 Å². The molecule has 1 amide bonds. The molecular weight excluding hydrogens is 571 g/mol. The van der Waals surface area contributed by atoms with E-state index in [-0.39, 0.29) is 35.2 Å². The Kier molecular flexibility index (Phi) is 8.30. The minimum atomic E-state index is -2.71. The number of halogens is 4. The lowest BCUT2D eigenvalue weighted by Crippen LogP contribution is -2.43. The molecule has 0 bridgehead atoms. The summed E-state index contributed by atoms with van der Waals surface area (Å²) in [6, 6.07) is 11.9. The molecule has 0 radical (unpaired) electrons. The van der Waals surface area contributed by atoms with Crippen LogP contribution in [0.15, 0.2) is 48.5 Å². The number of pyridine rings is 2. The standard InChI is InChI=1S/C31H29ClF3N3O4/c1-16-10-25(38-28(29(16)42-14-26(34)35)18-4-8-22(33)9-5-18)31(40,21-6-7-21)15-36-30(39)20-11-19-12-23(32)17(2)37-27(19)24(13-20)41-3/h4-5,8-13,21,26,40H,6-7,14-15H2,1-3H3,(H,36,39)/t31-/m1/s1. The van der Waals surface area contributed by atoms with Crippen LogP contribution in [0.4, 0.5) is 13.2 Å². The van der Waals surface area contributed by atoms with Crippen LogP contribution in [0, 0.1) is 25.6 Å². The van der Waals surface area contributed by atoms with Crippen LogP contribution in [0.3, 0.4) is 0 Å². The van der Waals surface area contributed by atoms with Gasteiger partial charge in [0.15, 0.2) is 0 Å². The number of rotatable bonds is 10. The van der Waals surface area contributed by atoms with Crippen molar-refractivity contribution < 1.29 is 32.5 Å². The molecule has 2 aromatic carbocycles. The first-order valence-corrected chi connectivity index (χ1v) is 13.7. The molecule has 0 saturated heterocycles. The Morgan fingerprint density at radius 3 is 2.50 bits per heavy atom. The molecule has 220 valence electrons. The van der Waals surface area contributed by atoms with Crippen molar-refractivity contribution in [1.82, 2.24) is 15.3 Å². The number of aliphatic hydroxyl groups is 1. The van der Waals surface area contributed by atoms with E-state index in [1.807, 2.05) is 0 Å². The van der Waals surface area contributed by atoms with Gasteiger partial charge in [-0.15, -0.1) is 0 Å². The topological polar surface area (TPSA) is 93.6 Å². The highest BCUT2D eigenvalue weighted by atomic mass is 35.5. The van der Waals surface area contributed by atoms with Crippen molar-refractivity contribution in [3.05, 3.63) is 81.9 Å². The Hall–Kier alpha value is -3.89. The molecule has 11 heteroatoms. The number of hydrogen-bond donors (Lipinski definition) is 2. The number of amides is 1. The molecular formula is C31H29ClF3N3O4. The Morgan fingerprint density at radius 1 is 1.14 bits per heavy atom. The van der Waals surface area contributed by atoms with Gasteiger partial charge in [-0.3, -0.25) is 4.79 Å². The van der Waals surface area contributed by atoms with Gasteiger partial charge in [0.2, 0.25) is 0 Å². The molecule has 1 fully saturated rings. The van der Waals surface area contributed by atoms with Gasteiger partial charge in [-0.1, -0.05) is 11.6 Å². The fourth-order valence-corrected chi connectivity index (χ4v) is 5.10. The van der Waals surface area contributed by atoms with Gasteiger partial charge in [-0.05, 0) is 86.7 Å². The lowest BCUT2D eigenvalue weighted by atomic mass is 9.90. The number of alkyl halides is 2. The van der Waals surface area contributed by atoms with Crippen LogP contribution in [0.1, 0.15) is 40.2 Å². The number of carbonyl (C=O) groups is 1. The predicted molar refractivity (Wildman–Crippen MR) is 153 cm³/mol. The number of fused-ring (bicyclic) bond motifs is 1. The summed E-state index contributed by atoms with van der Waals surface area (Å²) in [6.07, 6.45) is -1.31. The third kappa shape index (κ3) is 6.00. The summed E-state index contributed by atoms with van der Waals surface area (Å²) in [5.74, 6) is -0.625. The summed E-state index contributed by atoms with van der Waals surface area (Å²) < 4.78 is 50.6. The van der Waals surface area contributed by atoms with E-state index in [4.69, 9.17) is 21.1 Å². The molecule has 2 N–H and O–H groups in total. The van der Waals surface area contributed by atoms with Crippen molar-refractivity contribution in [3.8, 4) is 22.8 Å². The fraction of sp³-hybridized carbons (Fsp3) is 0.323. The molecule has 0 aliphatic heterocycles. The van der Waals surface area contributed by atoms with Crippen molar-refractivity contribution >= 4 is 28.4 Å². The van der Waals surface area contributed by atoms with E-state index in [1.54, 1.807) is 38.1 Å². The van der Waals surface area contributed by atoms with Crippen molar-refractivity contribution in [2.45, 2.75) is 38.7 Å². The minimum Gasteiger partial charge on any atom is -0.494 e. The quantitative estimate of drug-likeness (QED) is 0.220. The van der Waals surface area contributed by atoms with Gasteiger partial charge in [0.25, 0.3) is 12.3 Å². The molecule has 5 rings (SSSR count). The SMILES string of the molecule is COc1cc(C(=O)NC[C@](O)(c2cc(C)c(OCC(F)F)c(-c3ccc(F)cc3)n2)C2CC2)cc2cc(Cl)c(C)nc12. The molecule has 1 aliphatic carbocycles. The Labute approximate surface area is 245 Å². The summed E-state index contributed by atoms with van der Waals surface area (Å²) >= 11 is 6.26. The predicted octanol–water partition coefficient (Wildman–Crippen LogP) is 6.39. The molecule has 4 aromatic rings. The fourth-order valence-electron chi connectivity index (χ4n) is 4.94. The highest BCUT2D eigenvalue weighted by molar-refractivity contribution is 6.31. The minimum absolute atomic E-state index is 0.110. The van der Waals surface area contributed by atoms with Gasteiger partial charge in [-0.25, -0.2) is 23.1 Å². The summed E-state index contributed by atoms with van der Waals surface area (Å²) in [5, 5.41) is 15.8. The molecule has 42 heavy (non-hydrogen) atoms. The number of methoxy groups -OCH3 is 1. The number of benzene rings is 2. The van der Waals surface area contributed by atoms with E-state index in [0.717, 1.165) is 0 Å². The van der Waals surface area contributed by atoms with Gasteiger partial charge >= 0.3 is 0 Å². The number of hydrogen-bond acceptors (Lipinski definition) is 6. The normalized spacial score (nSPS) is 14.6. The zero-order valence-electron chi connectivity index (χ0n) is 23.2. The van der Waals surface area contributed by atoms with E-state index in [1.165, 1.54) is 31.4 Å². The van der Waals surface area contributed by atoms with Crippen molar-refractivity contribution in [2.24, 2.45) is 5.92 Å². The van der Waals surface area contributed by atoms with Crippen LogP contribution >= 0.6 is 11.6 Å².